The van der Waals surface area contributed by atoms with E-state index in [1.54, 1.807) is 6.07 Å². The van der Waals surface area contributed by atoms with Crippen LogP contribution in [0.5, 0.6) is 0 Å². The number of pyridine rings is 1. The van der Waals surface area contributed by atoms with Gasteiger partial charge in [0, 0.05) is 43.3 Å². The molecule has 2 saturated heterocycles. The van der Waals surface area contributed by atoms with E-state index in [4.69, 9.17) is 14.2 Å². The summed E-state index contributed by atoms with van der Waals surface area (Å²) in [6, 6.07) is 5.02. The lowest BCUT2D eigenvalue weighted by Gasteiger charge is -2.41. The van der Waals surface area contributed by atoms with Gasteiger partial charge in [-0.2, -0.15) is 4.98 Å². The number of benzene rings is 1. The molecule has 1 aliphatic carbocycles. The third-order valence-electron chi connectivity index (χ3n) is 7.94. The molecule has 0 amide bonds. The first kappa shape index (κ1) is 22.9. The molecule has 2 atom stereocenters. The second-order valence-electron chi connectivity index (χ2n) is 10.6. The van der Waals surface area contributed by atoms with Crippen molar-refractivity contribution in [1.82, 2.24) is 20.4 Å². The lowest BCUT2D eigenvalue weighted by atomic mass is 9.94. The monoisotopic (exact) mass is 479 g/mol. The zero-order chi connectivity index (χ0) is 24.1. The number of hydrogen-bond acceptors (Lipinski definition) is 7. The van der Waals surface area contributed by atoms with Crippen LogP contribution in [-0.4, -0.2) is 53.0 Å². The summed E-state index contributed by atoms with van der Waals surface area (Å²) in [6.45, 7) is 8.59. The molecule has 3 aromatic rings. The standard InChI is InChI=1S/C27H34FN5O2/c1-15-12-21(30-20-7-10-34-11-8-20)6-9-33(15)26-24(27-29-17(3)32-35-27)16(2)22-13-19(18-4-5-18)14-23(28)25(22)31-26/h13-15,18,20-21,30H,4-12H2,1-3H3/t15-,21-/m1/s1. The quantitative estimate of drug-likeness (QED) is 0.549. The molecule has 0 spiro atoms. The minimum absolute atomic E-state index is 0.238. The topological polar surface area (TPSA) is 76.3 Å². The Balaban J connectivity index is 1.37. The molecule has 0 unspecified atom stereocenters. The molecule has 3 fully saturated rings. The molecule has 1 saturated carbocycles. The summed E-state index contributed by atoms with van der Waals surface area (Å²) in [5.41, 5.74) is 3.27. The van der Waals surface area contributed by atoms with Crippen molar-refractivity contribution in [3.8, 4) is 11.5 Å². The van der Waals surface area contributed by atoms with Gasteiger partial charge in [0.25, 0.3) is 5.89 Å². The molecule has 7 nitrogen and oxygen atoms in total. The number of piperidine rings is 1. The largest absolute Gasteiger partial charge is 0.381 e. The summed E-state index contributed by atoms with van der Waals surface area (Å²) < 4.78 is 26.5. The van der Waals surface area contributed by atoms with Gasteiger partial charge in [0.05, 0.1) is 5.56 Å². The van der Waals surface area contributed by atoms with E-state index in [0.29, 0.717) is 35.2 Å². The van der Waals surface area contributed by atoms with E-state index >= 15 is 4.39 Å². The Bertz CT molecular complexity index is 1230. The first-order valence-electron chi connectivity index (χ1n) is 13.0. The Hall–Kier alpha value is -2.58. The summed E-state index contributed by atoms with van der Waals surface area (Å²) >= 11 is 0. The first-order valence-corrected chi connectivity index (χ1v) is 13.0. The molecule has 3 aliphatic rings. The second-order valence-corrected chi connectivity index (χ2v) is 10.6. The van der Waals surface area contributed by atoms with Gasteiger partial charge in [-0.05, 0) is 88.5 Å². The van der Waals surface area contributed by atoms with Crippen LogP contribution < -0.4 is 10.2 Å². The number of nitrogens with one attached hydrogen (secondary N) is 1. The zero-order valence-corrected chi connectivity index (χ0v) is 20.8. The summed E-state index contributed by atoms with van der Waals surface area (Å²) in [5, 5.41) is 8.74. The van der Waals surface area contributed by atoms with Crippen LogP contribution in [0.2, 0.25) is 0 Å². The minimum atomic E-state index is -0.245. The highest BCUT2D eigenvalue weighted by Gasteiger charge is 2.33. The molecule has 35 heavy (non-hydrogen) atoms. The molecule has 186 valence electrons. The summed E-state index contributed by atoms with van der Waals surface area (Å²) in [4.78, 5) is 11.8. The molecule has 0 bridgehead atoms. The highest BCUT2D eigenvalue weighted by molar-refractivity contribution is 5.93. The van der Waals surface area contributed by atoms with Crippen molar-refractivity contribution in [2.45, 2.75) is 83.3 Å². The lowest BCUT2D eigenvalue weighted by Crippen LogP contribution is -2.51. The van der Waals surface area contributed by atoms with Crippen LogP contribution in [-0.2, 0) is 4.74 Å². The Morgan fingerprint density at radius 1 is 1.03 bits per heavy atom. The molecule has 6 rings (SSSR count). The van der Waals surface area contributed by atoms with Gasteiger partial charge in [0.1, 0.15) is 17.2 Å². The van der Waals surface area contributed by atoms with Crippen molar-refractivity contribution < 1.29 is 13.7 Å². The van der Waals surface area contributed by atoms with Gasteiger partial charge in [-0.25, -0.2) is 9.37 Å². The maximum absolute atomic E-state index is 15.4. The van der Waals surface area contributed by atoms with Crippen molar-refractivity contribution in [1.29, 1.82) is 0 Å². The maximum atomic E-state index is 15.4. The van der Waals surface area contributed by atoms with Crippen LogP contribution in [0.3, 0.4) is 0 Å². The number of anilines is 1. The normalized spacial score (nSPS) is 23.8. The zero-order valence-electron chi connectivity index (χ0n) is 20.8. The van der Waals surface area contributed by atoms with Crippen molar-refractivity contribution >= 4 is 16.7 Å². The Morgan fingerprint density at radius 2 is 1.83 bits per heavy atom. The fourth-order valence-corrected chi connectivity index (χ4v) is 5.83. The Labute approximate surface area is 205 Å². The number of aryl methyl sites for hydroxylation is 2. The predicted octanol–water partition coefficient (Wildman–Crippen LogP) is 5.04. The number of rotatable bonds is 5. The Kier molecular flexibility index (Phi) is 5.96. The van der Waals surface area contributed by atoms with Crippen LogP contribution in [0.4, 0.5) is 10.2 Å². The van der Waals surface area contributed by atoms with Crippen LogP contribution in [0.15, 0.2) is 16.7 Å². The van der Waals surface area contributed by atoms with Gasteiger partial charge < -0.3 is 19.5 Å². The van der Waals surface area contributed by atoms with Gasteiger partial charge >= 0.3 is 0 Å². The highest BCUT2D eigenvalue weighted by atomic mass is 19.1. The number of aromatic nitrogens is 3. The van der Waals surface area contributed by atoms with E-state index in [1.807, 2.05) is 13.8 Å². The van der Waals surface area contributed by atoms with Gasteiger partial charge in [-0.3, -0.25) is 0 Å². The molecule has 0 radical (unpaired) electrons. The summed E-state index contributed by atoms with van der Waals surface area (Å²) in [7, 11) is 0. The van der Waals surface area contributed by atoms with Crippen molar-refractivity contribution in [2.24, 2.45) is 0 Å². The molecule has 2 aromatic heterocycles. The molecular formula is C27H34FN5O2. The third kappa shape index (κ3) is 4.42. The van der Waals surface area contributed by atoms with E-state index < -0.39 is 0 Å². The Morgan fingerprint density at radius 3 is 2.51 bits per heavy atom. The van der Waals surface area contributed by atoms with E-state index in [2.05, 4.69) is 33.3 Å². The number of halogens is 1. The van der Waals surface area contributed by atoms with Gasteiger partial charge in [-0.1, -0.05) is 5.16 Å². The molecule has 1 aromatic carbocycles. The van der Waals surface area contributed by atoms with Crippen molar-refractivity contribution in [3.05, 3.63) is 34.9 Å². The molecular weight excluding hydrogens is 445 g/mol. The SMILES string of the molecule is Cc1noc(-c2c(N3CC[C@@H](NC4CCOCC4)C[C@H]3C)nc3c(F)cc(C4CC4)cc3c2C)n1. The van der Waals surface area contributed by atoms with Gasteiger partial charge in [0.2, 0.25) is 0 Å². The van der Waals surface area contributed by atoms with Crippen LogP contribution in [0.1, 0.15) is 68.3 Å². The van der Waals surface area contributed by atoms with Crippen molar-refractivity contribution in [2.75, 3.05) is 24.7 Å². The predicted molar refractivity (Wildman–Crippen MR) is 133 cm³/mol. The summed E-state index contributed by atoms with van der Waals surface area (Å²) in [5.74, 6) is 2.00. The molecule has 2 aliphatic heterocycles. The molecule has 4 heterocycles. The average Bonchev–Trinajstić information content (AvgIpc) is 3.61. The van der Waals surface area contributed by atoms with E-state index in [-0.39, 0.29) is 11.9 Å². The minimum Gasteiger partial charge on any atom is -0.381 e. The second kappa shape index (κ2) is 9.13. The number of ether oxygens (including phenoxy) is 1. The van der Waals surface area contributed by atoms with Crippen LogP contribution in [0.25, 0.3) is 22.4 Å². The molecule has 8 heteroatoms. The van der Waals surface area contributed by atoms with E-state index in [0.717, 1.165) is 86.2 Å². The first-order chi connectivity index (χ1) is 17.0. The van der Waals surface area contributed by atoms with Crippen LogP contribution in [0, 0.1) is 19.7 Å². The smallest absolute Gasteiger partial charge is 0.261 e. The highest BCUT2D eigenvalue weighted by Crippen LogP contribution is 2.44. The summed E-state index contributed by atoms with van der Waals surface area (Å²) in [6.07, 6.45) is 6.40. The molecule has 1 N–H and O–H groups in total. The van der Waals surface area contributed by atoms with Gasteiger partial charge in [0.15, 0.2) is 5.82 Å². The van der Waals surface area contributed by atoms with E-state index in [9.17, 15) is 0 Å². The number of nitrogens with zero attached hydrogens (tertiary/aromatic N) is 4. The number of hydrogen-bond donors (Lipinski definition) is 1. The average molecular weight is 480 g/mol. The van der Waals surface area contributed by atoms with Crippen molar-refractivity contribution in [3.63, 3.8) is 0 Å². The number of fused-ring (bicyclic) bond motifs is 1. The fourth-order valence-electron chi connectivity index (χ4n) is 5.83. The van der Waals surface area contributed by atoms with Crippen LogP contribution >= 0.6 is 0 Å². The fraction of sp³-hybridized carbons (Fsp3) is 0.593. The lowest BCUT2D eigenvalue weighted by molar-refractivity contribution is 0.0733. The van der Waals surface area contributed by atoms with E-state index in [1.165, 1.54) is 0 Å². The van der Waals surface area contributed by atoms with Gasteiger partial charge in [-0.15, -0.1) is 0 Å². The maximum Gasteiger partial charge on any atom is 0.261 e. The third-order valence-corrected chi connectivity index (χ3v) is 7.94.